The Balaban J connectivity index is 3.07. The first-order valence-electron chi connectivity index (χ1n) is 4.89. The second-order valence-corrected chi connectivity index (χ2v) is 4.02. The number of rotatable bonds is 4. The molecule has 0 fully saturated rings. The number of benzene rings is 1. The van der Waals surface area contributed by atoms with Gasteiger partial charge in [0.05, 0.1) is 5.68 Å². The molecule has 1 rings (SSSR count). The van der Waals surface area contributed by atoms with E-state index >= 15 is 0 Å². The average Bonchev–Trinajstić information content (AvgIpc) is 2.16. The van der Waals surface area contributed by atoms with Crippen molar-refractivity contribution >= 4 is 13.5 Å². The molecule has 1 aromatic carbocycles. The summed E-state index contributed by atoms with van der Waals surface area (Å²) in [4.78, 5) is 10.9. The first kappa shape index (κ1) is 9.32. The quantitative estimate of drug-likeness (QED) is 0.734. The zero-order valence-electron chi connectivity index (χ0n) is 9.41. The van der Waals surface area contributed by atoms with Crippen LogP contribution in [0.4, 0.5) is 0 Å². The van der Waals surface area contributed by atoms with Crippen LogP contribution in [0.5, 0.6) is 5.75 Å². The third kappa shape index (κ3) is 2.38. The van der Waals surface area contributed by atoms with Crippen molar-refractivity contribution in [1.29, 1.82) is 1.43 Å². The molecule has 2 radical (unpaired) electrons. The van der Waals surface area contributed by atoms with E-state index in [1.807, 2.05) is 26.0 Å². The Kier molecular flexibility index (Phi) is 2.57. The molecule has 0 aliphatic heterocycles. The summed E-state index contributed by atoms with van der Waals surface area (Å²) in [6.45, 7) is 3.80. The molecule has 72 valence electrons. The summed E-state index contributed by atoms with van der Waals surface area (Å²) in [7, 11) is 5.18. The lowest BCUT2D eigenvalue weighted by Gasteiger charge is -2.24. The van der Waals surface area contributed by atoms with Crippen molar-refractivity contribution in [3.8, 4) is 5.75 Å². The van der Waals surface area contributed by atoms with E-state index in [-0.39, 0.29) is 12.1 Å². The second-order valence-electron chi connectivity index (χ2n) is 4.02. The summed E-state index contributed by atoms with van der Waals surface area (Å²) in [5.41, 5.74) is 0.0438. The minimum Gasteiger partial charge on any atom is -0.508 e. The monoisotopic (exact) mass is 190 g/mol. The highest BCUT2D eigenvalue weighted by molar-refractivity contribution is 6.57. The molecule has 2 nitrogen and oxygen atoms in total. The van der Waals surface area contributed by atoms with Crippen LogP contribution in [0.2, 0.25) is 0 Å². The summed E-state index contributed by atoms with van der Waals surface area (Å²) in [5, 5.41) is 4.51. The fourth-order valence-electron chi connectivity index (χ4n) is 1.56. The van der Waals surface area contributed by atoms with Gasteiger partial charge in [-0.15, -0.1) is 0 Å². The van der Waals surface area contributed by atoms with Crippen LogP contribution in [-0.4, -0.2) is 20.1 Å². The molecule has 1 aromatic rings. The molecule has 0 atom stereocenters. The fraction of sp³-hybridized carbons (Fsp3) is 0.364. The van der Waals surface area contributed by atoms with Crippen molar-refractivity contribution in [2.75, 3.05) is 0 Å². The van der Waals surface area contributed by atoms with E-state index in [0.717, 1.165) is 5.56 Å². The van der Waals surface area contributed by atoms with Crippen molar-refractivity contribution in [2.45, 2.75) is 25.7 Å². The standard InChI is InChI=1S/C11H13BO2/c1-11(2,7-10(12)14)8-5-3-4-6-9(8)13/h3-6,13H,7H2,1-2H3/i/hT. The van der Waals surface area contributed by atoms with Crippen LogP contribution in [0, 0.1) is 0 Å². The van der Waals surface area contributed by atoms with Gasteiger partial charge < -0.3 is 9.90 Å². The topological polar surface area (TPSA) is 37.3 Å². The third-order valence-electron chi connectivity index (χ3n) is 2.23. The van der Waals surface area contributed by atoms with Gasteiger partial charge in [0.25, 0.3) is 1.43 Å². The Labute approximate surface area is 86.9 Å². The largest absolute Gasteiger partial charge is 0.508 e. The van der Waals surface area contributed by atoms with E-state index in [9.17, 15) is 4.79 Å². The normalized spacial score (nSPS) is 12.0. The van der Waals surface area contributed by atoms with Crippen molar-refractivity contribution in [3.63, 3.8) is 0 Å². The molecule has 0 saturated carbocycles. The van der Waals surface area contributed by atoms with Gasteiger partial charge in [0.2, 0.25) is 0 Å². The SMILES string of the molecule is [3H]Oc1ccccc1C(C)(C)CC([B])=O. The minimum atomic E-state index is -0.413. The maximum atomic E-state index is 10.9. The lowest BCUT2D eigenvalue weighted by atomic mass is 9.76. The van der Waals surface area contributed by atoms with E-state index in [0.29, 0.717) is 5.75 Å². The number of hydrogen-bond donors (Lipinski definition) is 1. The Hall–Kier alpha value is -1.25. The molecular weight excluding hydrogens is 175 g/mol. The van der Waals surface area contributed by atoms with E-state index in [2.05, 4.69) is 5.11 Å². The molecule has 0 aliphatic rings. The summed E-state index contributed by atoms with van der Waals surface area (Å²) >= 11 is 0. The maximum Gasteiger partial charge on any atom is 0.293 e. The van der Waals surface area contributed by atoms with E-state index in [1.165, 1.54) is 0 Å². The van der Waals surface area contributed by atoms with Gasteiger partial charge in [0, 0.05) is 6.42 Å². The summed E-state index contributed by atoms with van der Waals surface area (Å²) < 4.78 is 6.93. The molecule has 0 aromatic heterocycles. The Morgan fingerprint density at radius 1 is 1.57 bits per heavy atom. The van der Waals surface area contributed by atoms with Crippen LogP contribution in [0.25, 0.3) is 0 Å². The highest BCUT2D eigenvalue weighted by atomic mass is 16.3. The number of hydrogen-bond acceptors (Lipinski definition) is 2. The van der Waals surface area contributed by atoms with Crippen molar-refractivity contribution in [2.24, 2.45) is 0 Å². The average molecular weight is 190 g/mol. The van der Waals surface area contributed by atoms with Crippen LogP contribution < -0.4 is 0 Å². The maximum absolute atomic E-state index is 10.9. The van der Waals surface area contributed by atoms with Crippen molar-refractivity contribution in [1.82, 2.24) is 0 Å². The molecule has 0 amide bonds. The van der Waals surface area contributed by atoms with Gasteiger partial charge in [-0.05, 0) is 17.0 Å². The molecule has 0 bridgehead atoms. The molecule has 14 heavy (non-hydrogen) atoms. The number of phenols is 1. The molecular formula is C11H13BO2. The predicted octanol–water partition coefficient (Wildman–Crippen LogP) is 1.75. The molecule has 0 spiro atoms. The first-order chi connectivity index (χ1) is 6.97. The van der Waals surface area contributed by atoms with E-state index < -0.39 is 5.41 Å². The highest BCUT2D eigenvalue weighted by Gasteiger charge is 2.24. The fourth-order valence-corrected chi connectivity index (χ4v) is 1.56. The highest BCUT2D eigenvalue weighted by Crippen LogP contribution is 2.33. The molecule has 0 saturated heterocycles. The van der Waals surface area contributed by atoms with Gasteiger partial charge in [0.15, 0.2) is 7.85 Å². The Morgan fingerprint density at radius 3 is 2.79 bits per heavy atom. The van der Waals surface area contributed by atoms with Crippen LogP contribution in [0.3, 0.4) is 0 Å². The smallest absolute Gasteiger partial charge is 0.293 e. The lowest BCUT2D eigenvalue weighted by molar-refractivity contribution is -0.112. The summed E-state index contributed by atoms with van der Waals surface area (Å²) in [5.74, 6) is 0.462. The van der Waals surface area contributed by atoms with Gasteiger partial charge in [-0.3, -0.25) is 0 Å². The molecule has 0 heterocycles. The number of para-hydroxylation sites is 1. The van der Waals surface area contributed by atoms with E-state index in [4.69, 9.17) is 9.28 Å². The van der Waals surface area contributed by atoms with Crippen molar-refractivity contribution < 1.29 is 9.90 Å². The van der Waals surface area contributed by atoms with Crippen LogP contribution >= 0.6 is 0 Å². The molecule has 0 aliphatic carbocycles. The summed E-state index contributed by atoms with van der Waals surface area (Å²) in [6, 6.07) is 7.17. The third-order valence-corrected chi connectivity index (χ3v) is 2.23. The van der Waals surface area contributed by atoms with E-state index in [1.54, 1.807) is 12.1 Å². The second kappa shape index (κ2) is 3.87. The Morgan fingerprint density at radius 2 is 2.21 bits per heavy atom. The van der Waals surface area contributed by atoms with Gasteiger partial charge in [-0.1, -0.05) is 32.0 Å². The van der Waals surface area contributed by atoms with Gasteiger partial charge in [0.1, 0.15) is 5.75 Å². The minimum absolute atomic E-state index is 0.230. The lowest BCUT2D eigenvalue weighted by Crippen LogP contribution is -2.21. The molecule has 3 heteroatoms. The van der Waals surface area contributed by atoms with Crippen LogP contribution in [-0.2, 0) is 10.2 Å². The zero-order valence-corrected chi connectivity index (χ0v) is 8.41. The Bertz CT molecular complexity index is 363. The molecule has 1 N–H and O–H groups in total. The zero-order chi connectivity index (χ0) is 11.5. The van der Waals surface area contributed by atoms with Gasteiger partial charge in [-0.2, -0.15) is 0 Å². The number of carbonyl (C=O) groups excluding carboxylic acids is 1. The number of carbonyl (C=O) groups is 1. The van der Waals surface area contributed by atoms with Crippen LogP contribution in [0.1, 0.15) is 25.8 Å². The first-order valence-corrected chi connectivity index (χ1v) is 4.48. The van der Waals surface area contributed by atoms with Crippen LogP contribution in [0.15, 0.2) is 24.3 Å². The number of aromatic hydroxyl groups is 1. The molecule has 0 unspecified atom stereocenters. The van der Waals surface area contributed by atoms with Crippen molar-refractivity contribution in [3.05, 3.63) is 29.8 Å². The van der Waals surface area contributed by atoms with Gasteiger partial charge >= 0.3 is 0 Å². The predicted molar refractivity (Wildman–Crippen MR) is 56.5 cm³/mol. The van der Waals surface area contributed by atoms with Gasteiger partial charge in [-0.25, -0.2) is 0 Å². The number of phenolic OH excluding ortho intramolecular Hbond substituents is 1. The summed E-state index contributed by atoms with van der Waals surface area (Å²) in [6.07, 6.45) is 0.230.